The van der Waals surface area contributed by atoms with E-state index in [1.807, 2.05) is 12.1 Å². The maximum atomic E-state index is 15.2. The van der Waals surface area contributed by atoms with Gasteiger partial charge in [-0.25, -0.2) is 4.79 Å². The van der Waals surface area contributed by atoms with Gasteiger partial charge in [0.2, 0.25) is 5.83 Å². The predicted molar refractivity (Wildman–Crippen MR) is 161 cm³/mol. The summed E-state index contributed by atoms with van der Waals surface area (Å²) in [4.78, 5) is 12.9. The van der Waals surface area contributed by atoms with E-state index in [4.69, 9.17) is 18.6 Å². The normalized spacial score (nSPS) is 27.0. The van der Waals surface area contributed by atoms with Crippen LogP contribution in [0.4, 0.5) is 4.39 Å². The molecule has 2 aromatic carbocycles. The topological polar surface area (TPSA) is 54.0 Å². The molecule has 0 unspecified atom stereocenters. The first-order valence-electron chi connectivity index (χ1n) is 15.0. The minimum atomic E-state index is -2.82. The lowest BCUT2D eigenvalue weighted by molar-refractivity contribution is -0.150. The molecule has 1 saturated carbocycles. The van der Waals surface area contributed by atoms with Crippen molar-refractivity contribution in [3.63, 3.8) is 0 Å². The highest BCUT2D eigenvalue weighted by molar-refractivity contribution is 6.99. The second-order valence-corrected chi connectivity index (χ2v) is 18.2. The largest absolute Gasteiger partial charge is 0.452 e. The Morgan fingerprint density at radius 3 is 1.78 bits per heavy atom. The Bertz CT molecular complexity index is 1180. The lowest BCUT2D eigenvalue weighted by Gasteiger charge is -2.45. The molecule has 2 aromatic rings. The molecule has 0 N–H and O–H groups in total. The number of carbonyl (C=O) groups is 1. The maximum Gasteiger partial charge on any atom is 0.367 e. The zero-order valence-corrected chi connectivity index (χ0v) is 26.3. The molecule has 3 aliphatic rings. The van der Waals surface area contributed by atoms with Gasteiger partial charge in [-0.1, -0.05) is 102 Å². The van der Waals surface area contributed by atoms with Crippen molar-refractivity contribution >= 4 is 24.7 Å². The smallest absolute Gasteiger partial charge is 0.367 e. The molecule has 2 aliphatic heterocycles. The molecule has 0 bridgehead atoms. The number of rotatable bonds is 6. The van der Waals surface area contributed by atoms with Crippen LogP contribution in [-0.2, 0) is 23.4 Å². The number of fused-ring (bicyclic) bond motifs is 1. The van der Waals surface area contributed by atoms with E-state index in [-0.39, 0.29) is 23.2 Å². The Morgan fingerprint density at radius 2 is 1.29 bits per heavy atom. The minimum Gasteiger partial charge on any atom is -0.452 e. The Labute approximate surface area is 245 Å². The van der Waals surface area contributed by atoms with Crippen molar-refractivity contribution in [3.8, 4) is 0 Å². The van der Waals surface area contributed by atoms with Crippen LogP contribution >= 0.6 is 0 Å². The van der Waals surface area contributed by atoms with Gasteiger partial charge in [0.1, 0.15) is 12.2 Å². The highest BCUT2D eigenvalue weighted by atomic mass is 28.4. The van der Waals surface area contributed by atoms with E-state index >= 15 is 4.39 Å². The molecule has 2 heterocycles. The summed E-state index contributed by atoms with van der Waals surface area (Å²) in [7, 11) is -2.82. The SMILES string of the molecule is CC(C)(C)C1CCC(=C(F)C(=O)O[C@@H]2CO[C@H]3[C@@H]2OC[C@H]3O[Si](c2ccccc2)(c2ccccc2)C(C)(C)C)CC1. The van der Waals surface area contributed by atoms with Gasteiger partial charge in [-0.15, -0.1) is 0 Å². The molecule has 4 atom stereocenters. The van der Waals surface area contributed by atoms with Gasteiger partial charge in [0, 0.05) is 0 Å². The number of hydrogen-bond acceptors (Lipinski definition) is 5. The molecule has 41 heavy (non-hydrogen) atoms. The van der Waals surface area contributed by atoms with E-state index in [0.717, 1.165) is 12.8 Å². The summed E-state index contributed by atoms with van der Waals surface area (Å²) in [5.74, 6) is -1.11. The summed E-state index contributed by atoms with van der Waals surface area (Å²) in [5.41, 5.74) is 0.761. The van der Waals surface area contributed by atoms with Crippen LogP contribution in [-0.4, -0.2) is 51.9 Å². The van der Waals surface area contributed by atoms with E-state index in [1.54, 1.807) is 0 Å². The zero-order valence-electron chi connectivity index (χ0n) is 25.3. The molecule has 3 fully saturated rings. The molecule has 222 valence electrons. The number of carbonyl (C=O) groups excluding carboxylic acids is 1. The number of ether oxygens (including phenoxy) is 3. The molecular weight excluding hydrogens is 535 g/mol. The van der Waals surface area contributed by atoms with Gasteiger partial charge in [0.25, 0.3) is 8.32 Å². The van der Waals surface area contributed by atoms with Gasteiger partial charge in [-0.2, -0.15) is 4.39 Å². The molecule has 1 aliphatic carbocycles. The molecule has 0 radical (unpaired) electrons. The number of benzene rings is 2. The summed E-state index contributed by atoms with van der Waals surface area (Å²) >= 11 is 0. The average Bonchev–Trinajstić information content (AvgIpc) is 3.54. The van der Waals surface area contributed by atoms with E-state index < -0.39 is 38.4 Å². The molecule has 5 nitrogen and oxygen atoms in total. The van der Waals surface area contributed by atoms with Gasteiger partial charge >= 0.3 is 5.97 Å². The fourth-order valence-electron chi connectivity index (χ4n) is 6.93. The molecule has 0 spiro atoms. The highest BCUT2D eigenvalue weighted by Crippen LogP contribution is 2.42. The van der Waals surface area contributed by atoms with Gasteiger partial charge in [0.05, 0.1) is 19.3 Å². The van der Waals surface area contributed by atoms with Crippen LogP contribution in [0.1, 0.15) is 67.2 Å². The number of halogens is 1. The second kappa shape index (κ2) is 11.7. The third-order valence-corrected chi connectivity index (χ3v) is 14.3. The van der Waals surface area contributed by atoms with Crippen molar-refractivity contribution in [2.24, 2.45) is 11.3 Å². The van der Waals surface area contributed by atoms with E-state index in [9.17, 15) is 4.79 Å². The second-order valence-electron chi connectivity index (χ2n) is 13.9. The Hall–Kier alpha value is -2.32. The molecule has 2 saturated heterocycles. The zero-order chi connectivity index (χ0) is 29.4. The van der Waals surface area contributed by atoms with Gasteiger partial charge in [-0.05, 0) is 58.0 Å². The molecule has 5 rings (SSSR count). The maximum absolute atomic E-state index is 15.2. The van der Waals surface area contributed by atoms with Crippen molar-refractivity contribution < 1.29 is 27.8 Å². The van der Waals surface area contributed by atoms with Crippen LogP contribution in [0, 0.1) is 11.3 Å². The van der Waals surface area contributed by atoms with Crippen LogP contribution in [0.2, 0.25) is 5.04 Å². The van der Waals surface area contributed by atoms with Crippen molar-refractivity contribution in [3.05, 3.63) is 72.1 Å². The third-order valence-electron chi connectivity index (χ3n) is 9.27. The van der Waals surface area contributed by atoms with Crippen molar-refractivity contribution in [1.29, 1.82) is 0 Å². The quantitative estimate of drug-likeness (QED) is 0.235. The van der Waals surface area contributed by atoms with Gasteiger partial charge in [0.15, 0.2) is 6.10 Å². The molecule has 0 aromatic heterocycles. The van der Waals surface area contributed by atoms with E-state index in [1.165, 1.54) is 10.4 Å². The van der Waals surface area contributed by atoms with Crippen LogP contribution in [0.15, 0.2) is 72.1 Å². The molecular formula is C34H45FO5Si. The summed E-state index contributed by atoms with van der Waals surface area (Å²) in [5, 5.41) is 2.16. The number of esters is 1. The lowest BCUT2D eigenvalue weighted by Crippen LogP contribution is -2.68. The first-order valence-corrected chi connectivity index (χ1v) is 16.9. The first kappa shape index (κ1) is 30.1. The number of hydrogen-bond donors (Lipinski definition) is 0. The standard InChI is InChI=1S/C34H45FO5Si/c1-33(2,3)24-19-17-23(18-20-24)29(35)32(36)39-27-21-37-31-28(22-38-30(27)31)40-41(34(4,5)6,25-13-9-7-10-14-25)26-15-11-8-12-16-26/h7-16,24,27-28,30-31H,17-22H2,1-6H3/t24?,27-,28-,30-,31-/m1/s1. The van der Waals surface area contributed by atoms with Crippen LogP contribution in [0.25, 0.3) is 0 Å². The van der Waals surface area contributed by atoms with Crippen molar-refractivity contribution in [1.82, 2.24) is 0 Å². The fourth-order valence-corrected chi connectivity index (χ4v) is 11.6. The molecule has 0 amide bonds. The minimum absolute atomic E-state index is 0.163. The van der Waals surface area contributed by atoms with E-state index in [2.05, 4.69) is 90.1 Å². The summed E-state index contributed by atoms with van der Waals surface area (Å²) < 4.78 is 40.5. The Morgan fingerprint density at radius 1 is 0.805 bits per heavy atom. The summed E-state index contributed by atoms with van der Waals surface area (Å²) in [6, 6.07) is 20.9. The van der Waals surface area contributed by atoms with Gasteiger partial charge in [-0.3, -0.25) is 0 Å². The van der Waals surface area contributed by atoms with Crippen molar-refractivity contribution in [2.45, 2.75) is 96.7 Å². The highest BCUT2D eigenvalue weighted by Gasteiger charge is 2.57. The third kappa shape index (κ3) is 5.96. The monoisotopic (exact) mass is 580 g/mol. The fraction of sp³-hybridized carbons (Fsp3) is 0.559. The van der Waals surface area contributed by atoms with Crippen LogP contribution < -0.4 is 10.4 Å². The van der Waals surface area contributed by atoms with Crippen molar-refractivity contribution in [2.75, 3.05) is 13.2 Å². The average molecular weight is 581 g/mol. The van der Waals surface area contributed by atoms with Crippen LogP contribution in [0.5, 0.6) is 0 Å². The van der Waals surface area contributed by atoms with Crippen LogP contribution in [0.3, 0.4) is 0 Å². The van der Waals surface area contributed by atoms with E-state index in [0.29, 0.717) is 30.9 Å². The van der Waals surface area contributed by atoms with Gasteiger partial charge < -0.3 is 18.6 Å². The Balaban J connectivity index is 1.32. The molecule has 7 heteroatoms. The first-order chi connectivity index (χ1) is 19.4. The summed E-state index contributed by atoms with van der Waals surface area (Å²) in [6.07, 6.45) is 1.08. The Kier molecular flexibility index (Phi) is 8.64. The summed E-state index contributed by atoms with van der Waals surface area (Å²) in [6.45, 7) is 13.9. The number of allylic oxidation sites excluding steroid dienone is 1. The predicted octanol–water partition coefficient (Wildman–Crippen LogP) is 6.10. The lowest BCUT2D eigenvalue weighted by atomic mass is 9.71.